The van der Waals surface area contributed by atoms with Gasteiger partial charge < -0.3 is 5.11 Å². The molecule has 0 aliphatic heterocycles. The molecule has 1 N–H and O–H groups in total. The minimum absolute atomic E-state index is 0.0315. The van der Waals surface area contributed by atoms with Crippen molar-refractivity contribution in [2.24, 2.45) is 0 Å². The molecule has 0 aliphatic rings. The van der Waals surface area contributed by atoms with Crippen LogP contribution in [0.1, 0.15) is 25.6 Å². The molecule has 66 valence electrons. The molecule has 0 aromatic carbocycles. The summed E-state index contributed by atoms with van der Waals surface area (Å²) >= 11 is 0. The molecule has 4 heteroatoms. The molecule has 0 bridgehead atoms. The number of rotatable bonds is 2. The van der Waals surface area contributed by atoms with Crippen LogP contribution in [0.5, 0.6) is 0 Å². The lowest BCUT2D eigenvalue weighted by Crippen LogP contribution is -2.24. The number of nitrogens with zero attached hydrogens (tertiary/aromatic N) is 2. The van der Waals surface area contributed by atoms with Crippen LogP contribution >= 0.6 is 0 Å². The molecular weight excluding hydrogens is 156 g/mol. The molecule has 0 saturated carbocycles. The topological polar surface area (TPSA) is 55.1 Å². The summed E-state index contributed by atoms with van der Waals surface area (Å²) in [4.78, 5) is 11.1. The van der Waals surface area contributed by atoms with Crippen molar-refractivity contribution in [3.05, 3.63) is 28.2 Å². The molecule has 0 amide bonds. The van der Waals surface area contributed by atoms with Crippen LogP contribution in [0.2, 0.25) is 0 Å². The molecule has 1 aromatic heterocycles. The lowest BCUT2D eigenvalue weighted by molar-refractivity contribution is 0.271. The van der Waals surface area contributed by atoms with Gasteiger partial charge in [0.2, 0.25) is 0 Å². The average Bonchev–Trinajstić information content (AvgIpc) is 2.05. The Hall–Kier alpha value is -1.16. The van der Waals surface area contributed by atoms with Gasteiger partial charge in [0.05, 0.1) is 18.3 Å². The van der Waals surface area contributed by atoms with Crippen molar-refractivity contribution >= 4 is 0 Å². The standard InChI is InChI=1S/C8H12N2O2/c1-6(2)10-8(12)4-3-7(5-11)9-10/h3-4,6,11H,5H2,1-2H3. The molecule has 0 fully saturated rings. The third-order valence-electron chi connectivity index (χ3n) is 1.53. The first-order valence-corrected chi connectivity index (χ1v) is 3.84. The van der Waals surface area contributed by atoms with Gasteiger partial charge in [0.1, 0.15) is 0 Å². The third kappa shape index (κ3) is 1.71. The zero-order valence-corrected chi connectivity index (χ0v) is 7.19. The Bertz CT molecular complexity index is 317. The molecule has 0 spiro atoms. The van der Waals surface area contributed by atoms with Crippen molar-refractivity contribution in [3.63, 3.8) is 0 Å². The average molecular weight is 168 g/mol. The van der Waals surface area contributed by atoms with E-state index >= 15 is 0 Å². The van der Waals surface area contributed by atoms with E-state index in [1.165, 1.54) is 16.8 Å². The fraction of sp³-hybridized carbons (Fsp3) is 0.500. The highest BCUT2D eigenvalue weighted by Crippen LogP contribution is 1.97. The molecule has 0 unspecified atom stereocenters. The Balaban J connectivity index is 3.17. The molecule has 0 saturated heterocycles. The van der Waals surface area contributed by atoms with E-state index in [0.717, 1.165) is 0 Å². The molecule has 0 aliphatic carbocycles. The van der Waals surface area contributed by atoms with Crippen molar-refractivity contribution in [1.29, 1.82) is 0 Å². The number of aliphatic hydroxyl groups is 1. The van der Waals surface area contributed by atoms with E-state index in [9.17, 15) is 4.79 Å². The van der Waals surface area contributed by atoms with Gasteiger partial charge in [0.15, 0.2) is 0 Å². The largest absolute Gasteiger partial charge is 0.390 e. The summed E-state index contributed by atoms with van der Waals surface area (Å²) < 4.78 is 1.35. The monoisotopic (exact) mass is 168 g/mol. The van der Waals surface area contributed by atoms with Crippen LogP contribution in [0.25, 0.3) is 0 Å². The molecule has 12 heavy (non-hydrogen) atoms. The lowest BCUT2D eigenvalue weighted by atomic mass is 10.3. The predicted molar refractivity (Wildman–Crippen MR) is 44.8 cm³/mol. The fourth-order valence-corrected chi connectivity index (χ4v) is 0.919. The molecule has 0 radical (unpaired) electrons. The zero-order valence-electron chi connectivity index (χ0n) is 7.19. The van der Waals surface area contributed by atoms with Crippen molar-refractivity contribution in [1.82, 2.24) is 9.78 Å². The Kier molecular flexibility index (Phi) is 2.60. The summed E-state index contributed by atoms with van der Waals surface area (Å²) in [6.07, 6.45) is 0. The van der Waals surface area contributed by atoms with E-state index < -0.39 is 0 Å². The Morgan fingerprint density at radius 1 is 1.58 bits per heavy atom. The van der Waals surface area contributed by atoms with Gasteiger partial charge in [-0.15, -0.1) is 0 Å². The van der Waals surface area contributed by atoms with Crippen LogP contribution in [0.4, 0.5) is 0 Å². The maximum atomic E-state index is 11.1. The number of hydrogen-bond acceptors (Lipinski definition) is 3. The first-order valence-electron chi connectivity index (χ1n) is 3.84. The molecular formula is C8H12N2O2. The van der Waals surface area contributed by atoms with Crippen molar-refractivity contribution in [3.8, 4) is 0 Å². The van der Waals surface area contributed by atoms with Crippen LogP contribution in [-0.2, 0) is 6.61 Å². The minimum atomic E-state index is -0.137. The van der Waals surface area contributed by atoms with Crippen molar-refractivity contribution in [2.75, 3.05) is 0 Å². The number of aliphatic hydroxyl groups excluding tert-OH is 1. The van der Waals surface area contributed by atoms with Crippen LogP contribution in [0.3, 0.4) is 0 Å². The highest BCUT2D eigenvalue weighted by atomic mass is 16.3. The fourth-order valence-electron chi connectivity index (χ4n) is 0.919. The summed E-state index contributed by atoms with van der Waals surface area (Å²) in [5, 5.41) is 12.7. The van der Waals surface area contributed by atoms with E-state index in [2.05, 4.69) is 5.10 Å². The predicted octanol–water partition coefficient (Wildman–Crippen LogP) is 0.316. The van der Waals surface area contributed by atoms with Gasteiger partial charge in [-0.3, -0.25) is 4.79 Å². The summed E-state index contributed by atoms with van der Waals surface area (Å²) in [5.41, 5.74) is 0.380. The van der Waals surface area contributed by atoms with Crippen molar-refractivity contribution < 1.29 is 5.11 Å². The maximum absolute atomic E-state index is 11.1. The molecule has 1 heterocycles. The van der Waals surface area contributed by atoms with E-state index in [4.69, 9.17) is 5.11 Å². The second kappa shape index (κ2) is 3.49. The normalized spacial score (nSPS) is 10.7. The number of hydrogen-bond donors (Lipinski definition) is 1. The summed E-state index contributed by atoms with van der Waals surface area (Å²) in [5.74, 6) is 0. The van der Waals surface area contributed by atoms with Gasteiger partial charge in [-0.05, 0) is 19.9 Å². The second-order valence-electron chi connectivity index (χ2n) is 2.86. The Morgan fingerprint density at radius 2 is 2.25 bits per heavy atom. The second-order valence-corrected chi connectivity index (χ2v) is 2.86. The first-order chi connectivity index (χ1) is 5.65. The summed E-state index contributed by atoms with van der Waals surface area (Å²) in [7, 11) is 0. The molecule has 0 atom stereocenters. The first kappa shape index (κ1) is 8.93. The molecule has 4 nitrogen and oxygen atoms in total. The van der Waals surface area contributed by atoms with Gasteiger partial charge >= 0.3 is 0 Å². The summed E-state index contributed by atoms with van der Waals surface area (Å²) in [6.45, 7) is 3.61. The van der Waals surface area contributed by atoms with Crippen LogP contribution in [0, 0.1) is 0 Å². The highest BCUT2D eigenvalue weighted by Gasteiger charge is 2.02. The van der Waals surface area contributed by atoms with E-state index in [0.29, 0.717) is 5.69 Å². The molecule has 1 aromatic rings. The highest BCUT2D eigenvalue weighted by molar-refractivity contribution is 4.98. The Labute approximate surface area is 70.5 Å². The third-order valence-corrected chi connectivity index (χ3v) is 1.53. The van der Waals surface area contributed by atoms with E-state index in [1.807, 2.05) is 13.8 Å². The van der Waals surface area contributed by atoms with Gasteiger partial charge in [-0.2, -0.15) is 5.10 Å². The SMILES string of the molecule is CC(C)n1nc(CO)ccc1=O. The summed E-state index contributed by atoms with van der Waals surface area (Å²) in [6, 6.07) is 2.98. The smallest absolute Gasteiger partial charge is 0.266 e. The van der Waals surface area contributed by atoms with Gasteiger partial charge in [-0.1, -0.05) is 0 Å². The maximum Gasteiger partial charge on any atom is 0.266 e. The lowest BCUT2D eigenvalue weighted by Gasteiger charge is -2.08. The Morgan fingerprint density at radius 3 is 2.75 bits per heavy atom. The quantitative estimate of drug-likeness (QED) is 0.691. The minimum Gasteiger partial charge on any atom is -0.390 e. The van der Waals surface area contributed by atoms with Crippen LogP contribution in [-0.4, -0.2) is 14.9 Å². The van der Waals surface area contributed by atoms with Gasteiger partial charge in [0.25, 0.3) is 5.56 Å². The van der Waals surface area contributed by atoms with Gasteiger partial charge in [0, 0.05) is 6.07 Å². The molecule has 1 rings (SSSR count). The van der Waals surface area contributed by atoms with E-state index in [-0.39, 0.29) is 18.2 Å². The zero-order chi connectivity index (χ0) is 9.14. The van der Waals surface area contributed by atoms with Crippen LogP contribution < -0.4 is 5.56 Å². The van der Waals surface area contributed by atoms with Crippen molar-refractivity contribution in [2.45, 2.75) is 26.5 Å². The van der Waals surface area contributed by atoms with E-state index in [1.54, 1.807) is 0 Å². The number of aromatic nitrogens is 2. The van der Waals surface area contributed by atoms with Gasteiger partial charge in [-0.25, -0.2) is 4.68 Å². The van der Waals surface area contributed by atoms with Crippen LogP contribution in [0.15, 0.2) is 16.9 Å².